The maximum absolute atomic E-state index is 10.8. The number of alkyl halides is 3. The largest absolute Gasteiger partial charge is 2.00 e. The van der Waals surface area contributed by atoms with Crippen molar-refractivity contribution < 1.29 is 16.0 Å². The van der Waals surface area contributed by atoms with Crippen molar-refractivity contribution in [3.8, 4) is 0 Å². The minimum atomic E-state index is -3.96. The molecule has 0 aromatic heterocycles. The SMILES string of the molecule is CCC(F)(F)F.[H-].[H-].[Mg+2]. The summed E-state index contributed by atoms with van der Waals surface area (Å²) in [4.78, 5) is 0. The summed E-state index contributed by atoms with van der Waals surface area (Å²) in [6.45, 7) is 1.08. The predicted molar refractivity (Wildman–Crippen MR) is 24.3 cm³/mol. The van der Waals surface area contributed by atoms with Gasteiger partial charge in [0.1, 0.15) is 0 Å². The molecule has 4 heteroatoms. The first kappa shape index (κ1) is 10.5. The molecule has 0 spiro atoms. The van der Waals surface area contributed by atoms with Crippen LogP contribution in [0.5, 0.6) is 0 Å². The smallest absolute Gasteiger partial charge is 1.00 e. The molecule has 0 aliphatic heterocycles. The third kappa shape index (κ3) is 10.8. The summed E-state index contributed by atoms with van der Waals surface area (Å²) in [6, 6.07) is 0. The van der Waals surface area contributed by atoms with Crippen LogP contribution in [0.4, 0.5) is 13.2 Å². The summed E-state index contributed by atoms with van der Waals surface area (Å²) < 4.78 is 32.4. The minimum absolute atomic E-state index is 0. The monoisotopic (exact) mass is 124 g/mol. The van der Waals surface area contributed by atoms with Crippen molar-refractivity contribution in [2.75, 3.05) is 0 Å². The summed E-state index contributed by atoms with van der Waals surface area (Å²) in [6.07, 6.45) is -4.69. The average Bonchev–Trinajstić information content (AvgIpc) is 1.35. The Morgan fingerprint density at radius 1 is 1.43 bits per heavy atom. The molecule has 7 heavy (non-hydrogen) atoms. The fourth-order valence-corrected chi connectivity index (χ4v) is 0. The number of hydrogen-bond donors (Lipinski definition) is 0. The van der Waals surface area contributed by atoms with E-state index in [1.165, 1.54) is 0 Å². The zero-order valence-corrected chi connectivity index (χ0v) is 5.46. The van der Waals surface area contributed by atoms with Crippen molar-refractivity contribution >= 4 is 23.1 Å². The van der Waals surface area contributed by atoms with Gasteiger partial charge in [-0.15, -0.1) is 0 Å². The van der Waals surface area contributed by atoms with Crippen LogP contribution in [0.2, 0.25) is 0 Å². The van der Waals surface area contributed by atoms with Crippen molar-refractivity contribution in [3.05, 3.63) is 0 Å². The molecular weight excluding hydrogens is 117 g/mol. The van der Waals surface area contributed by atoms with Gasteiger partial charge in [-0.2, -0.15) is 13.2 Å². The van der Waals surface area contributed by atoms with Gasteiger partial charge >= 0.3 is 29.2 Å². The molecule has 0 nitrogen and oxygen atoms in total. The topological polar surface area (TPSA) is 0 Å². The van der Waals surface area contributed by atoms with Crippen LogP contribution < -0.4 is 0 Å². The van der Waals surface area contributed by atoms with Crippen LogP contribution in [0.1, 0.15) is 16.2 Å². The second-order valence-corrected chi connectivity index (χ2v) is 0.969. The molecule has 0 radical (unpaired) electrons. The van der Waals surface area contributed by atoms with Crippen molar-refractivity contribution in [1.82, 2.24) is 0 Å². The fraction of sp³-hybridized carbons (Fsp3) is 1.00. The van der Waals surface area contributed by atoms with E-state index in [4.69, 9.17) is 0 Å². The van der Waals surface area contributed by atoms with Crippen molar-refractivity contribution in [1.29, 1.82) is 0 Å². The maximum atomic E-state index is 10.8. The van der Waals surface area contributed by atoms with Gasteiger partial charge in [0.25, 0.3) is 0 Å². The Hall–Kier alpha value is 0.556. The molecule has 0 N–H and O–H groups in total. The van der Waals surface area contributed by atoms with Gasteiger partial charge < -0.3 is 2.85 Å². The Bertz CT molecular complexity index is 46.8. The van der Waals surface area contributed by atoms with E-state index >= 15 is 0 Å². The molecule has 0 aromatic rings. The van der Waals surface area contributed by atoms with Crippen LogP contribution in [-0.2, 0) is 0 Å². The molecule has 0 aliphatic carbocycles. The zero-order chi connectivity index (χ0) is 5.21. The van der Waals surface area contributed by atoms with Gasteiger partial charge in [-0.3, -0.25) is 0 Å². The Labute approximate surface area is 59.2 Å². The molecule has 0 bridgehead atoms. The first-order valence-electron chi connectivity index (χ1n) is 1.63. The molecule has 0 saturated carbocycles. The second-order valence-electron chi connectivity index (χ2n) is 0.969. The van der Waals surface area contributed by atoms with Crippen LogP contribution in [0.25, 0.3) is 0 Å². The predicted octanol–water partition coefficient (Wildman–Crippen LogP) is 1.80. The third-order valence-electron chi connectivity index (χ3n) is 0.401. The van der Waals surface area contributed by atoms with Gasteiger partial charge in [-0.1, -0.05) is 6.92 Å². The zero-order valence-electron chi connectivity index (χ0n) is 6.05. The Morgan fingerprint density at radius 3 is 1.57 bits per heavy atom. The van der Waals surface area contributed by atoms with Crippen LogP contribution >= 0.6 is 0 Å². The van der Waals surface area contributed by atoms with Crippen LogP contribution in [-0.4, -0.2) is 29.2 Å². The maximum Gasteiger partial charge on any atom is 2.00 e. The van der Waals surface area contributed by atoms with E-state index in [0.717, 1.165) is 6.92 Å². The quantitative estimate of drug-likeness (QED) is 0.432. The van der Waals surface area contributed by atoms with Crippen LogP contribution in [0.3, 0.4) is 0 Å². The summed E-state index contributed by atoms with van der Waals surface area (Å²) in [5, 5.41) is 0. The first-order chi connectivity index (χ1) is 2.56. The molecule has 0 fully saturated rings. The molecule has 0 atom stereocenters. The van der Waals surface area contributed by atoms with Gasteiger partial charge in [0.2, 0.25) is 0 Å². The normalized spacial score (nSPS) is 10.3. The number of hydrogen-bond acceptors (Lipinski definition) is 0. The van der Waals surface area contributed by atoms with E-state index in [2.05, 4.69) is 0 Å². The summed E-state index contributed by atoms with van der Waals surface area (Å²) in [5.74, 6) is 0. The second kappa shape index (κ2) is 3.54. The average molecular weight is 124 g/mol. The van der Waals surface area contributed by atoms with Gasteiger partial charge in [-0.25, -0.2) is 0 Å². The molecule has 0 heterocycles. The van der Waals surface area contributed by atoms with Crippen molar-refractivity contribution in [3.63, 3.8) is 0 Å². The third-order valence-corrected chi connectivity index (χ3v) is 0.401. The summed E-state index contributed by atoms with van der Waals surface area (Å²) in [5.41, 5.74) is 0. The molecule has 0 aliphatic rings. The fourth-order valence-electron chi connectivity index (χ4n) is 0. The molecule has 0 rings (SSSR count). The number of halogens is 3. The molecule has 42 valence electrons. The van der Waals surface area contributed by atoms with Crippen molar-refractivity contribution in [2.45, 2.75) is 19.5 Å². The summed E-state index contributed by atoms with van der Waals surface area (Å²) >= 11 is 0. The van der Waals surface area contributed by atoms with E-state index in [1.807, 2.05) is 0 Å². The van der Waals surface area contributed by atoms with Crippen LogP contribution in [0, 0.1) is 0 Å². The Kier molecular flexibility index (Phi) is 5.33. The van der Waals surface area contributed by atoms with E-state index < -0.39 is 12.6 Å². The van der Waals surface area contributed by atoms with Crippen LogP contribution in [0.15, 0.2) is 0 Å². The van der Waals surface area contributed by atoms with E-state index in [1.54, 1.807) is 0 Å². The summed E-state index contributed by atoms with van der Waals surface area (Å²) in [7, 11) is 0. The standard InChI is InChI=1S/C3H5F3.Mg.2H/c1-2-3(4,5)6;;;/h2H2,1H3;;;/q;+2;2*-1. The van der Waals surface area contributed by atoms with Crippen molar-refractivity contribution in [2.24, 2.45) is 0 Å². The molecule has 0 saturated heterocycles. The van der Waals surface area contributed by atoms with E-state index in [0.29, 0.717) is 0 Å². The Balaban J connectivity index is -0.0000000417. The van der Waals surface area contributed by atoms with Gasteiger partial charge in [0.05, 0.1) is 0 Å². The van der Waals surface area contributed by atoms with Gasteiger partial charge in [0.15, 0.2) is 0 Å². The van der Waals surface area contributed by atoms with Gasteiger partial charge in [0, 0.05) is 6.42 Å². The van der Waals surface area contributed by atoms with Gasteiger partial charge in [-0.05, 0) is 0 Å². The molecule has 0 unspecified atom stereocenters. The first-order valence-corrected chi connectivity index (χ1v) is 1.63. The minimum Gasteiger partial charge on any atom is -1.00 e. The number of rotatable bonds is 0. The molecular formula is C3H7F3Mg. The van der Waals surface area contributed by atoms with E-state index in [9.17, 15) is 13.2 Å². The molecule has 0 aromatic carbocycles. The molecule has 0 amide bonds. The Morgan fingerprint density at radius 2 is 1.57 bits per heavy atom. The van der Waals surface area contributed by atoms with E-state index in [-0.39, 0.29) is 25.9 Å².